The first-order valence-corrected chi connectivity index (χ1v) is 4.03. The molecular formula is C9H10N2O. The van der Waals surface area contributed by atoms with E-state index in [1.807, 2.05) is 0 Å². The van der Waals surface area contributed by atoms with Gasteiger partial charge in [0.2, 0.25) is 0 Å². The number of Topliss-reactive ketones (excluding diaryl/α,β-unsaturated/α-hetero) is 1. The van der Waals surface area contributed by atoms with Crippen molar-refractivity contribution in [2.75, 3.05) is 0 Å². The highest BCUT2D eigenvalue weighted by Crippen LogP contribution is 2.17. The minimum atomic E-state index is -0.318. The predicted molar refractivity (Wildman–Crippen MR) is 44.9 cm³/mol. The molecule has 1 heterocycles. The number of hydrogen-bond acceptors (Lipinski definition) is 3. The van der Waals surface area contributed by atoms with Gasteiger partial charge in [-0.2, -0.15) is 0 Å². The average molecular weight is 162 g/mol. The molecular weight excluding hydrogens is 152 g/mol. The van der Waals surface area contributed by atoms with Crippen molar-refractivity contribution < 1.29 is 4.79 Å². The number of rotatable bonds is 0. The summed E-state index contributed by atoms with van der Waals surface area (Å²) in [6, 6.07) is 3.25. The molecule has 2 N–H and O–H groups in total. The lowest BCUT2D eigenvalue weighted by Gasteiger charge is -2.18. The molecule has 0 fully saturated rings. The lowest BCUT2D eigenvalue weighted by Crippen LogP contribution is -2.35. The first-order chi connectivity index (χ1) is 5.79. The molecule has 62 valence electrons. The van der Waals surface area contributed by atoms with Crippen molar-refractivity contribution in [3.63, 3.8) is 0 Å². The van der Waals surface area contributed by atoms with E-state index >= 15 is 0 Å². The number of aryl methyl sites for hydroxylation is 1. The first kappa shape index (κ1) is 7.43. The third kappa shape index (κ3) is 1.02. The van der Waals surface area contributed by atoms with Crippen LogP contribution >= 0.6 is 0 Å². The Morgan fingerprint density at radius 2 is 2.42 bits per heavy atom. The van der Waals surface area contributed by atoms with Crippen molar-refractivity contribution in [3.05, 3.63) is 29.6 Å². The van der Waals surface area contributed by atoms with Gasteiger partial charge in [-0.1, -0.05) is 0 Å². The molecule has 1 aliphatic carbocycles. The Hall–Kier alpha value is -1.22. The van der Waals surface area contributed by atoms with E-state index in [2.05, 4.69) is 4.98 Å². The molecule has 0 bridgehead atoms. The van der Waals surface area contributed by atoms with Crippen LogP contribution in [0.4, 0.5) is 0 Å². The molecule has 1 aromatic heterocycles. The number of carbonyl (C=O) groups excluding carboxylic acids is 1. The highest BCUT2D eigenvalue weighted by Gasteiger charge is 2.24. The van der Waals surface area contributed by atoms with Gasteiger partial charge in [0.1, 0.15) is 0 Å². The van der Waals surface area contributed by atoms with Crippen LogP contribution in [0, 0.1) is 0 Å². The molecule has 12 heavy (non-hydrogen) atoms. The minimum Gasteiger partial charge on any atom is -0.321 e. The molecule has 3 heteroatoms. The van der Waals surface area contributed by atoms with E-state index in [9.17, 15) is 4.79 Å². The zero-order valence-electron chi connectivity index (χ0n) is 6.66. The Balaban J connectivity index is 2.49. The molecule has 2 rings (SSSR count). The highest BCUT2D eigenvalue weighted by molar-refractivity contribution is 6.01. The lowest BCUT2D eigenvalue weighted by atomic mass is 9.91. The van der Waals surface area contributed by atoms with Gasteiger partial charge in [-0.15, -0.1) is 0 Å². The number of carbonyl (C=O) groups is 1. The van der Waals surface area contributed by atoms with Crippen LogP contribution in [-0.4, -0.2) is 16.8 Å². The molecule has 0 spiro atoms. The van der Waals surface area contributed by atoms with Crippen LogP contribution in [0.3, 0.4) is 0 Å². The maximum Gasteiger partial charge on any atom is 0.181 e. The van der Waals surface area contributed by atoms with Gasteiger partial charge in [-0.3, -0.25) is 9.78 Å². The maximum atomic E-state index is 11.5. The largest absolute Gasteiger partial charge is 0.321 e. The van der Waals surface area contributed by atoms with Gasteiger partial charge in [-0.05, 0) is 25.0 Å². The van der Waals surface area contributed by atoms with Crippen molar-refractivity contribution in [3.8, 4) is 0 Å². The van der Waals surface area contributed by atoms with Crippen LogP contribution in [0.1, 0.15) is 22.5 Å². The fraction of sp³-hybridized carbons (Fsp3) is 0.333. The number of pyridine rings is 1. The van der Waals surface area contributed by atoms with Crippen molar-refractivity contribution in [1.29, 1.82) is 0 Å². The molecule has 0 aliphatic heterocycles. The molecule has 1 aromatic rings. The van der Waals surface area contributed by atoms with Crippen molar-refractivity contribution in [2.45, 2.75) is 18.9 Å². The molecule has 0 amide bonds. The fourth-order valence-electron chi connectivity index (χ4n) is 1.48. The Bertz CT molecular complexity index is 322. The van der Waals surface area contributed by atoms with Gasteiger partial charge in [0.25, 0.3) is 0 Å². The Kier molecular flexibility index (Phi) is 1.66. The number of hydrogen-bond donors (Lipinski definition) is 1. The molecule has 3 nitrogen and oxygen atoms in total. The smallest absolute Gasteiger partial charge is 0.181 e. The number of fused-ring (bicyclic) bond motifs is 1. The summed E-state index contributed by atoms with van der Waals surface area (Å²) < 4.78 is 0. The van der Waals surface area contributed by atoms with Crippen LogP contribution in [0.5, 0.6) is 0 Å². The Morgan fingerprint density at radius 1 is 1.58 bits per heavy atom. The third-order valence-corrected chi connectivity index (χ3v) is 2.18. The summed E-state index contributed by atoms with van der Waals surface area (Å²) in [5.41, 5.74) is 7.21. The monoisotopic (exact) mass is 162 g/mol. The van der Waals surface area contributed by atoms with Gasteiger partial charge >= 0.3 is 0 Å². The summed E-state index contributed by atoms with van der Waals surface area (Å²) in [6.07, 6.45) is 3.26. The number of aromatic nitrogens is 1. The first-order valence-electron chi connectivity index (χ1n) is 4.03. The predicted octanol–water partition coefficient (Wildman–Crippen LogP) is 0.538. The van der Waals surface area contributed by atoms with Gasteiger partial charge in [0, 0.05) is 11.8 Å². The molecule has 0 saturated carbocycles. The summed E-state index contributed by atoms with van der Waals surface area (Å²) in [5, 5.41) is 0. The van der Waals surface area contributed by atoms with E-state index < -0.39 is 0 Å². The standard InChI is InChI=1S/C9H10N2O/c10-7-3-4-8-6(9(7)12)2-1-5-11-8/h1-2,5,7H,3-4,10H2. The van der Waals surface area contributed by atoms with Crippen LogP contribution in [-0.2, 0) is 6.42 Å². The summed E-state index contributed by atoms with van der Waals surface area (Å²) in [7, 11) is 0. The minimum absolute atomic E-state index is 0.0318. The van der Waals surface area contributed by atoms with Crippen LogP contribution in [0.2, 0.25) is 0 Å². The van der Waals surface area contributed by atoms with E-state index in [0.717, 1.165) is 18.5 Å². The third-order valence-electron chi connectivity index (χ3n) is 2.18. The SMILES string of the molecule is NC1CCc2ncccc2C1=O. The summed E-state index contributed by atoms with van der Waals surface area (Å²) in [4.78, 5) is 15.6. The van der Waals surface area contributed by atoms with Crippen LogP contribution < -0.4 is 5.73 Å². The lowest BCUT2D eigenvalue weighted by molar-refractivity contribution is 0.0947. The normalized spacial score (nSPS) is 22.1. The maximum absolute atomic E-state index is 11.5. The Morgan fingerprint density at radius 3 is 3.25 bits per heavy atom. The van der Waals surface area contributed by atoms with Crippen molar-refractivity contribution in [2.24, 2.45) is 5.73 Å². The topological polar surface area (TPSA) is 56.0 Å². The number of ketones is 1. The van der Waals surface area contributed by atoms with E-state index in [0.29, 0.717) is 5.56 Å². The summed E-state index contributed by atoms with van der Waals surface area (Å²) in [5.74, 6) is 0.0318. The number of nitrogens with zero attached hydrogens (tertiary/aromatic N) is 1. The second-order valence-corrected chi connectivity index (χ2v) is 3.01. The van der Waals surface area contributed by atoms with Crippen molar-refractivity contribution in [1.82, 2.24) is 4.98 Å². The zero-order valence-corrected chi connectivity index (χ0v) is 6.66. The molecule has 0 aromatic carbocycles. The number of nitrogens with two attached hydrogens (primary N) is 1. The summed E-state index contributed by atoms with van der Waals surface area (Å²) in [6.45, 7) is 0. The second kappa shape index (κ2) is 2.68. The zero-order chi connectivity index (χ0) is 8.55. The van der Waals surface area contributed by atoms with Gasteiger partial charge in [-0.25, -0.2) is 0 Å². The van der Waals surface area contributed by atoms with Crippen molar-refractivity contribution >= 4 is 5.78 Å². The molecule has 0 radical (unpaired) electrons. The van der Waals surface area contributed by atoms with Crippen LogP contribution in [0.25, 0.3) is 0 Å². The highest BCUT2D eigenvalue weighted by atomic mass is 16.1. The van der Waals surface area contributed by atoms with E-state index in [1.165, 1.54) is 0 Å². The van der Waals surface area contributed by atoms with Crippen LogP contribution in [0.15, 0.2) is 18.3 Å². The molecule has 1 atom stereocenters. The summed E-state index contributed by atoms with van der Waals surface area (Å²) >= 11 is 0. The van der Waals surface area contributed by atoms with Gasteiger partial charge in [0.15, 0.2) is 5.78 Å². The van der Waals surface area contributed by atoms with E-state index in [-0.39, 0.29) is 11.8 Å². The average Bonchev–Trinajstić information content (AvgIpc) is 2.12. The molecule has 1 aliphatic rings. The molecule has 0 saturated heterocycles. The molecule has 1 unspecified atom stereocenters. The van der Waals surface area contributed by atoms with Gasteiger partial charge < -0.3 is 5.73 Å². The van der Waals surface area contributed by atoms with E-state index in [4.69, 9.17) is 5.73 Å². The fourth-order valence-corrected chi connectivity index (χ4v) is 1.48. The van der Waals surface area contributed by atoms with Gasteiger partial charge in [0.05, 0.1) is 11.7 Å². The Labute approximate surface area is 70.6 Å². The second-order valence-electron chi connectivity index (χ2n) is 3.01. The quantitative estimate of drug-likeness (QED) is 0.605. The van der Waals surface area contributed by atoms with E-state index in [1.54, 1.807) is 18.3 Å².